The number of rotatable bonds is 6. The Balaban J connectivity index is 1.42. The van der Waals surface area contributed by atoms with Gasteiger partial charge in [-0.15, -0.1) is 11.3 Å². The molecular formula is C14H18N4OS. The molecule has 2 heterocycles. The van der Waals surface area contributed by atoms with Crippen molar-refractivity contribution >= 4 is 11.3 Å². The summed E-state index contributed by atoms with van der Waals surface area (Å²) in [4.78, 5) is 10.3. The Labute approximate surface area is 121 Å². The number of hydrogen-bond acceptors (Lipinski definition) is 6. The zero-order chi connectivity index (χ0) is 13.5. The number of thiazole rings is 1. The van der Waals surface area contributed by atoms with Gasteiger partial charge in [0.1, 0.15) is 5.01 Å². The minimum absolute atomic E-state index is 0.344. The van der Waals surface area contributed by atoms with Gasteiger partial charge >= 0.3 is 0 Å². The van der Waals surface area contributed by atoms with Crippen molar-refractivity contribution in [2.75, 3.05) is 0 Å². The van der Waals surface area contributed by atoms with Crippen LogP contribution < -0.4 is 5.32 Å². The van der Waals surface area contributed by atoms with Crippen molar-refractivity contribution in [3.63, 3.8) is 0 Å². The van der Waals surface area contributed by atoms with Crippen LogP contribution in [-0.4, -0.2) is 15.1 Å². The Morgan fingerprint density at radius 3 is 2.90 bits per heavy atom. The van der Waals surface area contributed by atoms with E-state index in [1.165, 1.54) is 35.6 Å². The monoisotopic (exact) mass is 290 g/mol. The van der Waals surface area contributed by atoms with Gasteiger partial charge in [0.05, 0.1) is 12.6 Å². The van der Waals surface area contributed by atoms with E-state index in [4.69, 9.17) is 4.52 Å². The van der Waals surface area contributed by atoms with Crippen LogP contribution in [0.25, 0.3) is 0 Å². The predicted octanol–water partition coefficient (Wildman–Crippen LogP) is 2.95. The molecule has 1 unspecified atom stereocenters. The smallest absolute Gasteiger partial charge is 0.229 e. The minimum atomic E-state index is 0.344. The lowest BCUT2D eigenvalue weighted by Gasteiger charge is -2.14. The lowest BCUT2D eigenvalue weighted by Crippen LogP contribution is -2.23. The van der Waals surface area contributed by atoms with E-state index in [0.717, 1.165) is 17.6 Å². The first kappa shape index (κ1) is 12.5. The first-order valence-corrected chi connectivity index (χ1v) is 8.09. The molecule has 1 N–H and O–H groups in total. The van der Waals surface area contributed by atoms with Gasteiger partial charge in [0.2, 0.25) is 5.89 Å². The fourth-order valence-electron chi connectivity index (χ4n) is 2.44. The van der Waals surface area contributed by atoms with Gasteiger partial charge < -0.3 is 9.84 Å². The molecule has 20 heavy (non-hydrogen) atoms. The lowest BCUT2D eigenvalue weighted by atomic mass is 10.2. The summed E-state index contributed by atoms with van der Waals surface area (Å²) in [5.74, 6) is 2.83. The molecule has 5 nitrogen and oxygen atoms in total. The van der Waals surface area contributed by atoms with Gasteiger partial charge in [-0.05, 0) is 38.5 Å². The number of aromatic nitrogens is 3. The Bertz CT molecular complexity index is 600. The van der Waals surface area contributed by atoms with Crippen molar-refractivity contribution < 1.29 is 4.52 Å². The molecule has 4 rings (SSSR count). The van der Waals surface area contributed by atoms with Crippen LogP contribution >= 0.6 is 11.3 Å². The second kappa shape index (κ2) is 4.93. The molecule has 2 aromatic heterocycles. The second-order valence-electron chi connectivity index (χ2n) is 5.83. The van der Waals surface area contributed by atoms with Crippen LogP contribution in [-0.2, 0) is 6.54 Å². The van der Waals surface area contributed by atoms with Gasteiger partial charge in [0.25, 0.3) is 0 Å². The first-order valence-electron chi connectivity index (χ1n) is 7.28. The summed E-state index contributed by atoms with van der Waals surface area (Å²) >= 11 is 1.78. The number of nitrogens with one attached hydrogen (secondary N) is 1. The fraction of sp³-hybridized carbons (Fsp3) is 0.643. The molecule has 0 aliphatic heterocycles. The van der Waals surface area contributed by atoms with Gasteiger partial charge in [0, 0.05) is 17.0 Å². The predicted molar refractivity (Wildman–Crippen MR) is 75.4 cm³/mol. The molecule has 2 fully saturated rings. The van der Waals surface area contributed by atoms with Crippen molar-refractivity contribution in [1.82, 2.24) is 20.4 Å². The van der Waals surface area contributed by atoms with Gasteiger partial charge in [-0.3, -0.25) is 0 Å². The maximum atomic E-state index is 5.29. The molecule has 2 aliphatic carbocycles. The highest BCUT2D eigenvalue weighted by Crippen LogP contribution is 2.42. The maximum Gasteiger partial charge on any atom is 0.229 e. The molecular weight excluding hydrogens is 272 g/mol. The number of nitrogens with zero attached hydrogens (tertiary/aromatic N) is 3. The average molecular weight is 290 g/mol. The van der Waals surface area contributed by atoms with Crippen LogP contribution in [0.5, 0.6) is 0 Å². The average Bonchev–Trinajstić information content (AvgIpc) is 3.36. The highest BCUT2D eigenvalue weighted by Gasteiger charge is 2.34. The van der Waals surface area contributed by atoms with E-state index in [1.54, 1.807) is 11.3 Å². The lowest BCUT2D eigenvalue weighted by molar-refractivity contribution is 0.369. The molecule has 2 aromatic rings. The van der Waals surface area contributed by atoms with E-state index in [1.807, 2.05) is 6.20 Å². The van der Waals surface area contributed by atoms with E-state index in [9.17, 15) is 0 Å². The molecule has 106 valence electrons. The first-order chi connectivity index (χ1) is 9.79. The second-order valence-corrected chi connectivity index (χ2v) is 7.09. The van der Waals surface area contributed by atoms with Crippen LogP contribution in [0.15, 0.2) is 10.7 Å². The van der Waals surface area contributed by atoms with Gasteiger partial charge in [-0.25, -0.2) is 4.98 Å². The Morgan fingerprint density at radius 1 is 1.40 bits per heavy atom. The summed E-state index contributed by atoms with van der Waals surface area (Å²) < 4.78 is 5.29. The highest BCUT2D eigenvalue weighted by atomic mass is 32.1. The van der Waals surface area contributed by atoms with Crippen molar-refractivity contribution in [3.8, 4) is 0 Å². The van der Waals surface area contributed by atoms with E-state index in [2.05, 4.69) is 27.4 Å². The summed E-state index contributed by atoms with van der Waals surface area (Å²) in [6, 6.07) is 0.344. The molecule has 2 saturated carbocycles. The number of aryl methyl sites for hydroxylation is 1. The van der Waals surface area contributed by atoms with E-state index in [0.29, 0.717) is 18.5 Å². The Morgan fingerprint density at radius 2 is 2.25 bits per heavy atom. The van der Waals surface area contributed by atoms with Crippen LogP contribution in [0.3, 0.4) is 0 Å². The minimum Gasteiger partial charge on any atom is -0.339 e. The molecule has 1 atom stereocenters. The van der Waals surface area contributed by atoms with Gasteiger partial charge in [-0.1, -0.05) is 5.16 Å². The largest absolute Gasteiger partial charge is 0.339 e. The molecule has 0 spiro atoms. The van der Waals surface area contributed by atoms with Crippen molar-refractivity contribution in [2.24, 2.45) is 5.92 Å². The van der Waals surface area contributed by atoms with Crippen molar-refractivity contribution in [3.05, 3.63) is 27.8 Å². The van der Waals surface area contributed by atoms with Crippen molar-refractivity contribution in [2.45, 2.75) is 51.1 Å². The SMILES string of the molecule is Cc1cnc(C(NCc2noc(C3CC3)n2)C2CC2)s1. The third kappa shape index (κ3) is 2.62. The van der Waals surface area contributed by atoms with Crippen LogP contribution in [0.1, 0.15) is 59.2 Å². The van der Waals surface area contributed by atoms with E-state index < -0.39 is 0 Å². The highest BCUT2D eigenvalue weighted by molar-refractivity contribution is 7.11. The summed E-state index contributed by atoms with van der Waals surface area (Å²) in [7, 11) is 0. The Hall–Kier alpha value is -1.27. The maximum absolute atomic E-state index is 5.29. The summed E-state index contributed by atoms with van der Waals surface area (Å²) in [6.07, 6.45) is 6.92. The van der Waals surface area contributed by atoms with E-state index >= 15 is 0 Å². The molecule has 6 heteroatoms. The van der Waals surface area contributed by atoms with Crippen molar-refractivity contribution in [1.29, 1.82) is 0 Å². The summed E-state index contributed by atoms with van der Waals surface area (Å²) in [5, 5.41) is 8.82. The normalized spacial score (nSPS) is 20.2. The Kier molecular flexibility index (Phi) is 3.07. The fourth-order valence-corrected chi connectivity index (χ4v) is 3.38. The molecule has 0 amide bonds. The zero-order valence-corrected chi connectivity index (χ0v) is 12.3. The van der Waals surface area contributed by atoms with Crippen LogP contribution in [0, 0.1) is 12.8 Å². The standard InChI is InChI=1S/C14H18N4OS/c1-8-6-16-14(20-8)12(9-2-3-9)15-7-11-17-13(19-18-11)10-4-5-10/h6,9-10,12,15H,2-5,7H2,1H3. The number of hydrogen-bond donors (Lipinski definition) is 1. The molecule has 0 saturated heterocycles. The van der Waals surface area contributed by atoms with Gasteiger partial charge in [-0.2, -0.15) is 4.98 Å². The zero-order valence-electron chi connectivity index (χ0n) is 11.5. The molecule has 0 radical (unpaired) electrons. The van der Waals surface area contributed by atoms with E-state index in [-0.39, 0.29) is 0 Å². The molecule has 2 aliphatic rings. The third-order valence-electron chi connectivity index (χ3n) is 3.89. The quantitative estimate of drug-likeness (QED) is 0.886. The van der Waals surface area contributed by atoms with Crippen LogP contribution in [0.2, 0.25) is 0 Å². The summed E-state index contributed by atoms with van der Waals surface area (Å²) in [5.41, 5.74) is 0. The van der Waals surface area contributed by atoms with Crippen LogP contribution in [0.4, 0.5) is 0 Å². The summed E-state index contributed by atoms with van der Waals surface area (Å²) in [6.45, 7) is 2.77. The molecule has 0 bridgehead atoms. The van der Waals surface area contributed by atoms with Gasteiger partial charge in [0.15, 0.2) is 5.82 Å². The topological polar surface area (TPSA) is 63.8 Å². The molecule has 0 aromatic carbocycles. The third-order valence-corrected chi connectivity index (χ3v) is 4.88.